The highest BCUT2D eigenvalue weighted by Crippen LogP contribution is 2.31. The van der Waals surface area contributed by atoms with Crippen LogP contribution in [0.25, 0.3) is 0 Å². The van der Waals surface area contributed by atoms with Crippen LogP contribution in [0.1, 0.15) is 6.92 Å². The summed E-state index contributed by atoms with van der Waals surface area (Å²) in [7, 11) is 1.50. The van der Waals surface area contributed by atoms with Crippen LogP contribution < -0.4 is 5.32 Å². The third kappa shape index (κ3) is 3.38. The van der Waals surface area contributed by atoms with E-state index in [2.05, 4.69) is 11.9 Å². The van der Waals surface area contributed by atoms with E-state index in [0.717, 1.165) is 0 Å². The van der Waals surface area contributed by atoms with E-state index < -0.39 is 23.7 Å². The maximum atomic E-state index is 11.5. The Kier molecular flexibility index (Phi) is 5.18. The Morgan fingerprint density at radius 1 is 1.63 bits per heavy atom. The van der Waals surface area contributed by atoms with Gasteiger partial charge in [0, 0.05) is 17.5 Å². The van der Waals surface area contributed by atoms with Crippen LogP contribution in [0, 0.1) is 11.8 Å². The van der Waals surface area contributed by atoms with Crippen molar-refractivity contribution in [2.24, 2.45) is 11.8 Å². The summed E-state index contributed by atoms with van der Waals surface area (Å²) >= 11 is 6.09. The zero-order chi connectivity index (χ0) is 14.6. The molecule has 1 rings (SSSR count). The summed E-state index contributed by atoms with van der Waals surface area (Å²) in [5, 5.41) is 11.8. The molecule has 0 aromatic carbocycles. The molecule has 0 aromatic heterocycles. The minimum Gasteiger partial charge on any atom is -0.497 e. The summed E-state index contributed by atoms with van der Waals surface area (Å²) in [5.41, 5.74) is 0.406. The molecule has 0 unspecified atom stereocenters. The van der Waals surface area contributed by atoms with Gasteiger partial charge in [-0.1, -0.05) is 18.2 Å². The zero-order valence-corrected chi connectivity index (χ0v) is 11.5. The van der Waals surface area contributed by atoms with E-state index in [1.807, 2.05) is 0 Å². The van der Waals surface area contributed by atoms with Gasteiger partial charge in [0.15, 0.2) is 0 Å². The Bertz CT molecular complexity index is 467. The van der Waals surface area contributed by atoms with E-state index >= 15 is 0 Å². The molecule has 1 saturated heterocycles. The van der Waals surface area contributed by atoms with Gasteiger partial charge in [0.05, 0.1) is 7.11 Å². The smallest absolute Gasteiger partial charge is 0.316 e. The van der Waals surface area contributed by atoms with Crippen LogP contribution in [0.4, 0.5) is 0 Å². The summed E-state index contributed by atoms with van der Waals surface area (Å²) in [4.78, 5) is 22.5. The van der Waals surface area contributed by atoms with Gasteiger partial charge in [0.25, 0.3) is 0 Å². The number of nitrogens with one attached hydrogen (secondary N) is 1. The molecule has 1 fully saturated rings. The number of allylic oxidation sites excluding steroid dienone is 3. The number of carboxylic acids is 1. The van der Waals surface area contributed by atoms with Crippen LogP contribution in [0.3, 0.4) is 0 Å². The van der Waals surface area contributed by atoms with Gasteiger partial charge in [-0.25, -0.2) is 0 Å². The van der Waals surface area contributed by atoms with Crippen molar-refractivity contribution in [1.29, 1.82) is 0 Å². The third-order valence-electron chi connectivity index (χ3n) is 2.99. The highest BCUT2D eigenvalue weighted by atomic mass is 35.5. The van der Waals surface area contributed by atoms with Crippen molar-refractivity contribution in [3.05, 3.63) is 35.1 Å². The Morgan fingerprint density at radius 2 is 2.26 bits per heavy atom. The van der Waals surface area contributed by atoms with Gasteiger partial charge in [-0.2, -0.15) is 0 Å². The van der Waals surface area contributed by atoms with Crippen molar-refractivity contribution in [3.63, 3.8) is 0 Å². The predicted molar refractivity (Wildman–Crippen MR) is 71.5 cm³/mol. The first kappa shape index (κ1) is 15.3. The molecular formula is C13H16ClNO4. The van der Waals surface area contributed by atoms with Crippen LogP contribution in [0.5, 0.6) is 0 Å². The number of methoxy groups -OCH3 is 1. The van der Waals surface area contributed by atoms with Crippen LogP contribution in [-0.2, 0) is 14.3 Å². The largest absolute Gasteiger partial charge is 0.497 e. The Balaban J connectivity index is 2.94. The molecule has 1 aliphatic rings. The fourth-order valence-corrected chi connectivity index (χ4v) is 2.13. The number of carbonyl (C=O) groups excluding carboxylic acids is 1. The Labute approximate surface area is 116 Å². The normalized spacial score (nSPS) is 24.1. The molecular weight excluding hydrogens is 270 g/mol. The number of hydrogen-bond acceptors (Lipinski definition) is 3. The molecule has 19 heavy (non-hydrogen) atoms. The number of rotatable bonds is 5. The van der Waals surface area contributed by atoms with Crippen LogP contribution >= 0.6 is 11.6 Å². The van der Waals surface area contributed by atoms with Gasteiger partial charge in [0.2, 0.25) is 5.91 Å². The molecule has 2 atom stereocenters. The molecule has 0 aliphatic carbocycles. The minimum absolute atomic E-state index is 0.219. The maximum absolute atomic E-state index is 11.5. The standard InChI is InChI=1S/C13H16ClNO4/c1-4-8(19-3)5-10(14)7(2)9-6-15-12(16)11(9)13(17)18/h4-5,9,11H,2,6H2,1,3H3,(H,15,16)(H,17,18)/b8-4+,10-5+/t9-,11-/m0/s1. The van der Waals surface area contributed by atoms with Gasteiger partial charge in [-0.3, -0.25) is 9.59 Å². The third-order valence-corrected chi connectivity index (χ3v) is 3.34. The number of hydrogen-bond donors (Lipinski definition) is 2. The number of ether oxygens (including phenoxy) is 1. The first-order chi connectivity index (χ1) is 8.92. The molecule has 0 aromatic rings. The molecule has 0 radical (unpaired) electrons. The second-order valence-corrected chi connectivity index (χ2v) is 4.49. The number of carbonyl (C=O) groups is 2. The fourth-order valence-electron chi connectivity index (χ4n) is 1.88. The van der Waals surface area contributed by atoms with Crippen molar-refractivity contribution >= 4 is 23.5 Å². The molecule has 2 N–H and O–H groups in total. The Morgan fingerprint density at radius 3 is 2.74 bits per heavy atom. The Hall–Kier alpha value is -1.75. The zero-order valence-electron chi connectivity index (χ0n) is 10.8. The lowest BCUT2D eigenvalue weighted by atomic mass is 9.88. The highest BCUT2D eigenvalue weighted by Gasteiger charge is 2.42. The second kappa shape index (κ2) is 6.43. The van der Waals surface area contributed by atoms with Crippen LogP contribution in [-0.4, -0.2) is 30.6 Å². The van der Waals surface area contributed by atoms with E-state index in [1.165, 1.54) is 7.11 Å². The molecule has 0 saturated carbocycles. The minimum atomic E-state index is -1.18. The number of aliphatic carboxylic acids is 1. The van der Waals surface area contributed by atoms with Crippen molar-refractivity contribution in [2.75, 3.05) is 13.7 Å². The molecule has 6 heteroatoms. The molecule has 5 nitrogen and oxygen atoms in total. The number of amides is 1. The lowest BCUT2D eigenvalue weighted by molar-refractivity contribution is -0.146. The van der Waals surface area contributed by atoms with Gasteiger partial charge in [-0.05, 0) is 24.6 Å². The van der Waals surface area contributed by atoms with E-state index in [4.69, 9.17) is 21.4 Å². The van der Waals surface area contributed by atoms with Gasteiger partial charge in [0.1, 0.15) is 11.7 Å². The first-order valence-corrected chi connectivity index (χ1v) is 6.07. The monoisotopic (exact) mass is 285 g/mol. The van der Waals surface area contributed by atoms with Crippen molar-refractivity contribution in [2.45, 2.75) is 6.92 Å². The summed E-state index contributed by atoms with van der Waals surface area (Å²) in [6.07, 6.45) is 3.26. The molecule has 1 aliphatic heterocycles. The van der Waals surface area contributed by atoms with E-state index in [1.54, 1.807) is 19.1 Å². The summed E-state index contributed by atoms with van der Waals surface area (Å²) < 4.78 is 5.04. The van der Waals surface area contributed by atoms with Gasteiger partial charge in [-0.15, -0.1) is 0 Å². The maximum Gasteiger partial charge on any atom is 0.316 e. The van der Waals surface area contributed by atoms with E-state index in [9.17, 15) is 9.59 Å². The molecule has 104 valence electrons. The fraction of sp³-hybridized carbons (Fsp3) is 0.385. The summed E-state index contributed by atoms with van der Waals surface area (Å²) in [6, 6.07) is 0. The molecule has 1 heterocycles. The highest BCUT2D eigenvalue weighted by molar-refractivity contribution is 6.32. The quantitative estimate of drug-likeness (QED) is 0.458. The molecule has 0 bridgehead atoms. The lowest BCUT2D eigenvalue weighted by Crippen LogP contribution is -2.28. The molecule has 1 amide bonds. The SMILES string of the molecule is C=C(/C(Cl)=C\C(=C/C)OC)[C@@H]1CNC(=O)[C@H]1C(=O)O. The second-order valence-electron chi connectivity index (χ2n) is 4.08. The summed E-state index contributed by atoms with van der Waals surface area (Å²) in [6.45, 7) is 5.79. The average Bonchev–Trinajstić information content (AvgIpc) is 2.76. The van der Waals surface area contributed by atoms with E-state index in [0.29, 0.717) is 11.3 Å². The van der Waals surface area contributed by atoms with Crippen LogP contribution in [0.15, 0.2) is 35.1 Å². The van der Waals surface area contributed by atoms with Crippen molar-refractivity contribution in [3.8, 4) is 0 Å². The van der Waals surface area contributed by atoms with Gasteiger partial charge < -0.3 is 15.2 Å². The van der Waals surface area contributed by atoms with Crippen molar-refractivity contribution in [1.82, 2.24) is 5.32 Å². The number of carboxylic acid groups (broad SMARTS) is 1. The van der Waals surface area contributed by atoms with Crippen LogP contribution in [0.2, 0.25) is 0 Å². The average molecular weight is 286 g/mol. The lowest BCUT2D eigenvalue weighted by Gasteiger charge is -2.15. The first-order valence-electron chi connectivity index (χ1n) is 5.69. The number of halogens is 1. The van der Waals surface area contributed by atoms with Gasteiger partial charge >= 0.3 is 5.97 Å². The topological polar surface area (TPSA) is 75.6 Å². The summed E-state index contributed by atoms with van der Waals surface area (Å²) in [5.74, 6) is -2.85. The molecule has 0 spiro atoms. The van der Waals surface area contributed by atoms with Crippen molar-refractivity contribution < 1.29 is 19.4 Å². The predicted octanol–water partition coefficient (Wildman–Crippen LogP) is 1.66. The van der Waals surface area contributed by atoms with E-state index in [-0.39, 0.29) is 11.6 Å².